The number of carbonyl (C=O) groups is 1. The number of aryl methyl sites for hydroxylation is 1. The van der Waals surface area contributed by atoms with Crippen molar-refractivity contribution < 1.29 is 38.7 Å². The second-order valence-corrected chi connectivity index (χ2v) is 12.3. The molecule has 15 heteroatoms. The number of pyridine rings is 1. The lowest BCUT2D eigenvalue weighted by Gasteiger charge is -2.36. The molecule has 0 aromatic carbocycles. The van der Waals surface area contributed by atoms with Crippen LogP contribution in [0, 0.1) is 0 Å². The fraction of sp³-hybridized carbons (Fsp3) is 0.611. The highest BCUT2D eigenvalue weighted by Crippen LogP contribution is 2.29. The number of aliphatic carboxylic acids is 1. The van der Waals surface area contributed by atoms with Crippen molar-refractivity contribution in [3.63, 3.8) is 0 Å². The molecule has 0 amide bonds. The van der Waals surface area contributed by atoms with Crippen molar-refractivity contribution in [2.24, 2.45) is 0 Å². The number of likely N-dealkylation sites (N-methyl/N-ethyl adjacent to an activating group) is 1. The number of ether oxygens (including phenoxy) is 5. The van der Waals surface area contributed by atoms with Gasteiger partial charge in [0.1, 0.15) is 18.2 Å². The van der Waals surface area contributed by atoms with E-state index in [1.165, 1.54) is 6.42 Å². The van der Waals surface area contributed by atoms with E-state index in [1.807, 2.05) is 34.8 Å². The molecule has 282 valence electrons. The molecule has 15 nitrogen and oxygen atoms in total. The van der Waals surface area contributed by atoms with Gasteiger partial charge >= 0.3 is 5.97 Å². The number of nitrogens with zero attached hydrogens (tertiary/aromatic N) is 6. The Balaban J connectivity index is 1.06. The predicted molar refractivity (Wildman–Crippen MR) is 194 cm³/mol. The van der Waals surface area contributed by atoms with E-state index in [0.29, 0.717) is 85.0 Å². The van der Waals surface area contributed by atoms with E-state index in [2.05, 4.69) is 33.3 Å². The minimum absolute atomic E-state index is 0.173. The van der Waals surface area contributed by atoms with E-state index < -0.39 is 5.97 Å². The SMILES string of the molecule is CCc1cnn2c(NCc3ccc(OCCOCCOCCOCCOCCN(C)C/C=C/C(=O)O)nc3)cc(N3CCCC[C@H]3CCO)nc12. The third-order valence-corrected chi connectivity index (χ3v) is 8.46. The minimum atomic E-state index is -0.943. The Morgan fingerprint density at radius 2 is 1.75 bits per heavy atom. The van der Waals surface area contributed by atoms with Gasteiger partial charge in [0.05, 0.1) is 59.1 Å². The highest BCUT2D eigenvalue weighted by atomic mass is 16.6. The third kappa shape index (κ3) is 14.0. The van der Waals surface area contributed by atoms with Crippen LogP contribution in [0.5, 0.6) is 5.88 Å². The Bertz CT molecular complexity index is 1450. The number of fused-ring (bicyclic) bond motifs is 1. The van der Waals surface area contributed by atoms with Gasteiger partial charge in [-0.2, -0.15) is 9.61 Å². The van der Waals surface area contributed by atoms with Gasteiger partial charge < -0.3 is 49.0 Å². The summed E-state index contributed by atoms with van der Waals surface area (Å²) >= 11 is 0. The molecule has 0 unspecified atom stereocenters. The van der Waals surface area contributed by atoms with Crippen LogP contribution < -0.4 is 15.0 Å². The maximum atomic E-state index is 10.5. The van der Waals surface area contributed by atoms with Crippen LogP contribution in [-0.2, 0) is 36.7 Å². The monoisotopic (exact) mass is 713 g/mol. The highest BCUT2D eigenvalue weighted by Gasteiger charge is 2.25. The Kier molecular flexibility index (Phi) is 17.9. The van der Waals surface area contributed by atoms with Crippen molar-refractivity contribution in [1.82, 2.24) is 24.5 Å². The first-order valence-corrected chi connectivity index (χ1v) is 17.9. The normalized spacial score (nSPS) is 15.0. The Hall–Kier alpha value is -3.86. The molecule has 51 heavy (non-hydrogen) atoms. The Labute approximate surface area is 300 Å². The van der Waals surface area contributed by atoms with Gasteiger partial charge in [-0.3, -0.25) is 0 Å². The lowest BCUT2D eigenvalue weighted by Crippen LogP contribution is -2.40. The molecule has 0 radical (unpaired) electrons. The molecule has 1 atom stereocenters. The van der Waals surface area contributed by atoms with E-state index in [9.17, 15) is 9.90 Å². The van der Waals surface area contributed by atoms with E-state index in [4.69, 9.17) is 33.8 Å². The van der Waals surface area contributed by atoms with E-state index in [-0.39, 0.29) is 12.6 Å². The zero-order valence-corrected chi connectivity index (χ0v) is 30.1. The molecule has 0 bridgehead atoms. The van der Waals surface area contributed by atoms with Crippen molar-refractivity contribution in [2.45, 2.75) is 51.6 Å². The largest absolute Gasteiger partial charge is 0.478 e. The topological polar surface area (TPSA) is 165 Å². The summed E-state index contributed by atoms with van der Waals surface area (Å²) in [6, 6.07) is 6.20. The number of hydrogen-bond donors (Lipinski definition) is 3. The van der Waals surface area contributed by atoms with Crippen molar-refractivity contribution in [3.8, 4) is 5.88 Å². The minimum Gasteiger partial charge on any atom is -0.478 e. The molecular weight excluding hydrogens is 658 g/mol. The number of aromatic nitrogens is 4. The smallest absolute Gasteiger partial charge is 0.328 e. The number of carboxylic acid groups (broad SMARTS) is 1. The molecular formula is C36H55N7O8. The maximum Gasteiger partial charge on any atom is 0.328 e. The summed E-state index contributed by atoms with van der Waals surface area (Å²) in [5.74, 6) is 1.38. The molecule has 0 aliphatic carbocycles. The van der Waals surface area contributed by atoms with Crippen LogP contribution in [0.3, 0.4) is 0 Å². The van der Waals surface area contributed by atoms with Gasteiger partial charge in [0.2, 0.25) is 5.88 Å². The number of carboxylic acids is 1. The number of nitrogens with one attached hydrogen (secondary N) is 1. The van der Waals surface area contributed by atoms with Gasteiger partial charge in [-0.1, -0.05) is 19.1 Å². The van der Waals surface area contributed by atoms with Crippen LogP contribution in [0.2, 0.25) is 0 Å². The summed E-state index contributed by atoms with van der Waals surface area (Å²) in [6.07, 6.45) is 11.4. The molecule has 1 saturated heterocycles. The molecule has 1 aliphatic rings. The van der Waals surface area contributed by atoms with Crippen molar-refractivity contribution >= 4 is 23.3 Å². The van der Waals surface area contributed by atoms with Gasteiger partial charge in [0.25, 0.3) is 0 Å². The number of anilines is 2. The molecule has 3 aromatic heterocycles. The van der Waals surface area contributed by atoms with E-state index in [0.717, 1.165) is 66.7 Å². The quantitative estimate of drug-likeness (QED) is 0.0821. The molecule has 4 heterocycles. The van der Waals surface area contributed by atoms with Crippen molar-refractivity contribution in [3.05, 3.63) is 53.9 Å². The van der Waals surface area contributed by atoms with Gasteiger partial charge in [-0.25, -0.2) is 14.8 Å². The summed E-state index contributed by atoms with van der Waals surface area (Å²) in [5, 5.41) is 26.4. The van der Waals surface area contributed by atoms with Crippen LogP contribution >= 0.6 is 0 Å². The summed E-state index contributed by atoms with van der Waals surface area (Å²) in [5.41, 5.74) is 2.96. The van der Waals surface area contributed by atoms with Gasteiger partial charge in [0, 0.05) is 68.8 Å². The lowest BCUT2D eigenvalue weighted by atomic mass is 9.99. The summed E-state index contributed by atoms with van der Waals surface area (Å²) in [7, 11) is 1.90. The lowest BCUT2D eigenvalue weighted by molar-refractivity contribution is -0.131. The van der Waals surface area contributed by atoms with Gasteiger partial charge in [-0.15, -0.1) is 0 Å². The first-order chi connectivity index (χ1) is 25.0. The zero-order chi connectivity index (χ0) is 36.1. The number of aliphatic hydroxyl groups excluding tert-OH is 1. The van der Waals surface area contributed by atoms with Crippen LogP contribution in [0.4, 0.5) is 11.6 Å². The highest BCUT2D eigenvalue weighted by molar-refractivity contribution is 5.79. The first-order valence-electron chi connectivity index (χ1n) is 17.9. The second-order valence-electron chi connectivity index (χ2n) is 12.3. The van der Waals surface area contributed by atoms with Gasteiger partial charge in [0.15, 0.2) is 5.65 Å². The number of piperidine rings is 1. The van der Waals surface area contributed by atoms with Gasteiger partial charge in [-0.05, 0) is 44.7 Å². The molecule has 0 spiro atoms. The molecule has 0 saturated carbocycles. The molecule has 1 aliphatic heterocycles. The standard InChI is InChI=1S/C36H55N7O8/c1-3-30-28-39-43-32(25-33(40-36(30)43)42-13-5-4-7-31(42)11-15-44)37-26-29-9-10-34(38-27-29)51-24-23-50-22-21-49-20-19-48-18-17-47-16-14-41(2)12-6-8-35(45)46/h6,8-10,25,27-28,31,37,44H,3-5,7,11-24,26H2,1-2H3,(H,45,46)/b8-6+/t31-/m0/s1. The fourth-order valence-corrected chi connectivity index (χ4v) is 5.67. The summed E-state index contributed by atoms with van der Waals surface area (Å²) in [6.45, 7) is 9.25. The average molecular weight is 714 g/mol. The van der Waals surface area contributed by atoms with Crippen molar-refractivity contribution in [1.29, 1.82) is 0 Å². The van der Waals surface area contributed by atoms with Crippen LogP contribution in [0.25, 0.3) is 5.65 Å². The Morgan fingerprint density at radius 3 is 2.41 bits per heavy atom. The molecule has 1 fully saturated rings. The van der Waals surface area contributed by atoms with E-state index in [1.54, 1.807) is 12.3 Å². The maximum absolute atomic E-state index is 10.5. The number of hydrogen-bond acceptors (Lipinski definition) is 13. The Morgan fingerprint density at radius 1 is 1.02 bits per heavy atom. The molecule has 3 N–H and O–H groups in total. The van der Waals surface area contributed by atoms with Crippen LogP contribution in [-0.4, -0.2) is 139 Å². The van der Waals surface area contributed by atoms with Crippen LogP contribution in [0.15, 0.2) is 42.7 Å². The zero-order valence-electron chi connectivity index (χ0n) is 30.1. The number of rotatable bonds is 26. The van der Waals surface area contributed by atoms with E-state index >= 15 is 0 Å². The first kappa shape index (κ1) is 39.9. The average Bonchev–Trinajstić information content (AvgIpc) is 3.56. The second kappa shape index (κ2) is 22.9. The number of aliphatic hydroxyl groups is 1. The fourth-order valence-electron chi connectivity index (χ4n) is 5.67. The third-order valence-electron chi connectivity index (χ3n) is 8.46. The molecule has 4 rings (SSSR count). The predicted octanol–water partition coefficient (Wildman–Crippen LogP) is 3.06. The summed E-state index contributed by atoms with van der Waals surface area (Å²) in [4.78, 5) is 24.3. The van der Waals surface area contributed by atoms with Crippen molar-refractivity contribution in [2.75, 3.05) is 103 Å². The summed E-state index contributed by atoms with van der Waals surface area (Å²) < 4.78 is 29.8. The van der Waals surface area contributed by atoms with Crippen LogP contribution in [0.1, 0.15) is 43.7 Å². The molecule has 3 aromatic rings.